The number of carbonyl (C=O) groups excluding carboxylic acids is 1. The molecule has 0 saturated carbocycles. The Morgan fingerprint density at radius 2 is 2.00 bits per heavy atom. The number of hydrogen-bond acceptors (Lipinski definition) is 7. The fraction of sp³-hybridized carbons (Fsp3) is 0.286. The van der Waals surface area contributed by atoms with Crippen LogP contribution in [-0.4, -0.2) is 38.4 Å². The number of alkyl halides is 3. The predicted octanol–water partition coefficient (Wildman–Crippen LogP) is 4.79. The molecule has 0 aliphatic heterocycles. The van der Waals surface area contributed by atoms with E-state index in [1.165, 1.54) is 6.07 Å². The highest BCUT2D eigenvalue weighted by atomic mass is 19.4. The average molecular weight is 448 g/mol. The molecule has 0 aliphatic rings. The fourth-order valence-electron chi connectivity index (χ4n) is 3.35. The summed E-state index contributed by atoms with van der Waals surface area (Å²) in [6.07, 6.45) is -4.18. The summed E-state index contributed by atoms with van der Waals surface area (Å²) in [7, 11) is 0. The van der Waals surface area contributed by atoms with Gasteiger partial charge in [-0.25, -0.2) is 4.98 Å². The van der Waals surface area contributed by atoms with E-state index >= 15 is 0 Å². The van der Waals surface area contributed by atoms with Crippen LogP contribution in [0.4, 0.5) is 25.1 Å². The van der Waals surface area contributed by atoms with Crippen molar-refractivity contribution in [3.8, 4) is 5.75 Å². The first kappa shape index (κ1) is 21.6. The van der Waals surface area contributed by atoms with E-state index in [2.05, 4.69) is 20.0 Å². The lowest BCUT2D eigenvalue weighted by Gasteiger charge is -2.07. The van der Waals surface area contributed by atoms with Gasteiger partial charge < -0.3 is 18.8 Å². The zero-order valence-corrected chi connectivity index (χ0v) is 16.9. The van der Waals surface area contributed by atoms with Crippen molar-refractivity contribution < 1.29 is 32.2 Å². The monoisotopic (exact) mass is 448 g/mol. The van der Waals surface area contributed by atoms with Crippen LogP contribution in [0, 0.1) is 0 Å². The highest BCUT2D eigenvalue weighted by molar-refractivity contribution is 5.99. The Hall–Kier alpha value is -3.60. The number of hydrogen-bond donors (Lipinski definition) is 2. The van der Waals surface area contributed by atoms with Crippen LogP contribution in [0.25, 0.3) is 22.1 Å². The molecule has 4 rings (SSSR count). The minimum absolute atomic E-state index is 0.0495. The van der Waals surface area contributed by atoms with Crippen LogP contribution in [-0.2, 0) is 6.54 Å². The van der Waals surface area contributed by atoms with E-state index in [1.54, 1.807) is 18.2 Å². The molecule has 2 heterocycles. The van der Waals surface area contributed by atoms with Crippen LogP contribution in [0.3, 0.4) is 0 Å². The number of aromatic nitrogens is 3. The number of halogens is 3. The number of ketones is 1. The Balaban J connectivity index is 1.63. The van der Waals surface area contributed by atoms with Gasteiger partial charge in [0.1, 0.15) is 11.3 Å². The standard InChI is InChI=1S/C21H19F3N4O4/c1-2-28-16-8-5-12(17(30)4-3-9-29)10-15(16)25-19(28)27-20-26-14-7-6-13(11-18(14)31-20)32-21(22,23)24/h5-8,10-11,29H,2-4,9H2,1H3,(H,25,26,27). The van der Waals surface area contributed by atoms with Gasteiger partial charge in [-0.2, -0.15) is 4.98 Å². The lowest BCUT2D eigenvalue weighted by Crippen LogP contribution is -2.16. The van der Waals surface area contributed by atoms with E-state index in [0.29, 0.717) is 35.5 Å². The highest BCUT2D eigenvalue weighted by Crippen LogP contribution is 2.30. The first-order valence-corrected chi connectivity index (χ1v) is 9.85. The zero-order valence-electron chi connectivity index (χ0n) is 16.9. The van der Waals surface area contributed by atoms with E-state index in [1.807, 2.05) is 11.5 Å². The third kappa shape index (κ3) is 4.52. The van der Waals surface area contributed by atoms with Gasteiger partial charge in [0.25, 0.3) is 0 Å². The van der Waals surface area contributed by atoms with Crippen molar-refractivity contribution in [3.05, 3.63) is 42.0 Å². The highest BCUT2D eigenvalue weighted by Gasteiger charge is 2.31. The number of carbonyl (C=O) groups is 1. The predicted molar refractivity (Wildman–Crippen MR) is 110 cm³/mol. The molecule has 0 saturated heterocycles. The number of anilines is 2. The summed E-state index contributed by atoms with van der Waals surface area (Å²) < 4.78 is 48.6. The van der Waals surface area contributed by atoms with Crippen LogP contribution in [0.5, 0.6) is 5.75 Å². The Kier molecular flexibility index (Phi) is 5.74. The Labute approximate surface area is 179 Å². The molecule has 4 aromatic rings. The molecule has 2 aromatic carbocycles. The smallest absolute Gasteiger partial charge is 0.423 e. The summed E-state index contributed by atoms with van der Waals surface area (Å²) in [5.74, 6) is -0.0926. The van der Waals surface area contributed by atoms with Gasteiger partial charge in [-0.15, -0.1) is 13.2 Å². The number of oxazole rings is 1. The van der Waals surface area contributed by atoms with Crippen molar-refractivity contribution in [1.29, 1.82) is 0 Å². The first-order valence-electron chi connectivity index (χ1n) is 9.85. The van der Waals surface area contributed by atoms with Crippen LogP contribution < -0.4 is 10.1 Å². The molecule has 2 N–H and O–H groups in total. The summed E-state index contributed by atoms with van der Waals surface area (Å²) in [5, 5.41) is 11.9. The van der Waals surface area contributed by atoms with Gasteiger partial charge in [-0.05, 0) is 43.7 Å². The van der Waals surface area contributed by atoms with E-state index in [4.69, 9.17) is 9.52 Å². The largest absolute Gasteiger partial charge is 0.573 e. The molecule has 11 heteroatoms. The van der Waals surface area contributed by atoms with Gasteiger partial charge in [0, 0.05) is 31.2 Å². The molecule has 0 amide bonds. The Morgan fingerprint density at radius 3 is 2.72 bits per heavy atom. The molecular weight excluding hydrogens is 429 g/mol. The number of aliphatic hydroxyl groups is 1. The molecule has 0 unspecified atom stereocenters. The second-order valence-electron chi connectivity index (χ2n) is 6.95. The topological polar surface area (TPSA) is 102 Å². The molecule has 0 aliphatic carbocycles. The van der Waals surface area contributed by atoms with Crippen molar-refractivity contribution in [2.75, 3.05) is 11.9 Å². The molecule has 0 fully saturated rings. The number of imidazole rings is 1. The second-order valence-corrected chi connectivity index (χ2v) is 6.95. The van der Waals surface area contributed by atoms with E-state index in [-0.39, 0.29) is 30.4 Å². The van der Waals surface area contributed by atoms with Crippen molar-refractivity contribution >= 4 is 39.9 Å². The maximum Gasteiger partial charge on any atom is 0.573 e. The normalized spacial score (nSPS) is 11.9. The fourth-order valence-corrected chi connectivity index (χ4v) is 3.35. The molecule has 168 valence electrons. The second kappa shape index (κ2) is 8.50. The number of rotatable bonds is 8. The van der Waals surface area contributed by atoms with Gasteiger partial charge in [0.05, 0.1) is 11.0 Å². The van der Waals surface area contributed by atoms with Crippen LogP contribution >= 0.6 is 0 Å². The average Bonchev–Trinajstić information content (AvgIpc) is 3.29. The number of aryl methyl sites for hydroxylation is 1. The molecule has 8 nitrogen and oxygen atoms in total. The number of nitrogens with zero attached hydrogens (tertiary/aromatic N) is 3. The summed E-state index contributed by atoms with van der Waals surface area (Å²) in [4.78, 5) is 21.0. The quantitative estimate of drug-likeness (QED) is 0.374. The molecule has 0 radical (unpaired) electrons. The minimum Gasteiger partial charge on any atom is -0.423 e. The van der Waals surface area contributed by atoms with Gasteiger partial charge >= 0.3 is 12.4 Å². The summed E-state index contributed by atoms with van der Waals surface area (Å²) >= 11 is 0. The van der Waals surface area contributed by atoms with Crippen molar-refractivity contribution in [3.63, 3.8) is 0 Å². The minimum atomic E-state index is -4.81. The number of aliphatic hydroxyl groups excluding tert-OH is 1. The molecular formula is C21H19F3N4O4. The van der Waals surface area contributed by atoms with Crippen molar-refractivity contribution in [2.24, 2.45) is 0 Å². The number of nitrogens with one attached hydrogen (secondary N) is 1. The van der Waals surface area contributed by atoms with Crippen molar-refractivity contribution in [2.45, 2.75) is 32.7 Å². The summed E-state index contributed by atoms with van der Waals surface area (Å²) in [6.45, 7) is 2.42. The van der Waals surface area contributed by atoms with E-state index in [0.717, 1.165) is 17.6 Å². The van der Waals surface area contributed by atoms with Gasteiger partial charge in [-0.1, -0.05) is 0 Å². The van der Waals surface area contributed by atoms with Gasteiger partial charge in [-0.3, -0.25) is 10.1 Å². The molecule has 2 aromatic heterocycles. The van der Waals surface area contributed by atoms with E-state index in [9.17, 15) is 18.0 Å². The zero-order chi connectivity index (χ0) is 22.9. The first-order chi connectivity index (χ1) is 15.3. The molecule has 0 spiro atoms. The maximum absolute atomic E-state index is 12.4. The van der Waals surface area contributed by atoms with Crippen molar-refractivity contribution in [1.82, 2.24) is 14.5 Å². The maximum atomic E-state index is 12.4. The third-order valence-corrected chi connectivity index (χ3v) is 4.76. The number of Topliss-reactive ketones (excluding diaryl/α,β-unsaturated/α-hetero) is 1. The van der Waals surface area contributed by atoms with Crippen LogP contribution in [0.15, 0.2) is 40.8 Å². The van der Waals surface area contributed by atoms with Crippen LogP contribution in [0.2, 0.25) is 0 Å². The number of fused-ring (bicyclic) bond motifs is 2. The van der Waals surface area contributed by atoms with Gasteiger partial charge in [0.2, 0.25) is 5.95 Å². The molecule has 32 heavy (non-hydrogen) atoms. The lowest BCUT2D eigenvalue weighted by atomic mass is 10.1. The Morgan fingerprint density at radius 1 is 1.19 bits per heavy atom. The van der Waals surface area contributed by atoms with E-state index < -0.39 is 12.1 Å². The summed E-state index contributed by atoms with van der Waals surface area (Å²) in [5.41, 5.74) is 2.33. The summed E-state index contributed by atoms with van der Waals surface area (Å²) in [6, 6.07) is 8.84. The SMILES string of the molecule is CCn1c(Nc2nc3ccc(OC(F)(F)F)cc3o2)nc2cc(C(=O)CCCO)ccc21. The third-order valence-electron chi connectivity index (χ3n) is 4.76. The Bertz CT molecular complexity index is 1280. The molecule has 0 atom stereocenters. The number of ether oxygens (including phenoxy) is 1. The lowest BCUT2D eigenvalue weighted by molar-refractivity contribution is -0.274. The molecule has 0 bridgehead atoms. The number of benzene rings is 2. The van der Waals surface area contributed by atoms with Crippen LogP contribution in [0.1, 0.15) is 30.1 Å². The van der Waals surface area contributed by atoms with Gasteiger partial charge in [0.15, 0.2) is 11.4 Å².